The van der Waals surface area contributed by atoms with E-state index < -0.39 is 5.97 Å². The third-order valence-electron chi connectivity index (χ3n) is 5.00. The van der Waals surface area contributed by atoms with Crippen LogP contribution in [0.4, 0.5) is 10.8 Å². The molecule has 1 heterocycles. The molecular formula is C25H26N2O4S2. The zero-order valence-electron chi connectivity index (χ0n) is 18.9. The van der Waals surface area contributed by atoms with Gasteiger partial charge in [0.05, 0.1) is 17.8 Å². The van der Waals surface area contributed by atoms with Crippen molar-refractivity contribution in [3.05, 3.63) is 70.7 Å². The highest BCUT2D eigenvalue weighted by atomic mass is 32.2. The van der Waals surface area contributed by atoms with Crippen LogP contribution in [-0.4, -0.2) is 28.9 Å². The van der Waals surface area contributed by atoms with Gasteiger partial charge in [0.25, 0.3) is 0 Å². The second-order valence-corrected chi connectivity index (χ2v) is 9.02. The van der Waals surface area contributed by atoms with Crippen molar-refractivity contribution in [1.82, 2.24) is 4.98 Å². The number of hydrogen-bond donors (Lipinski definition) is 0. The van der Waals surface area contributed by atoms with E-state index in [0.717, 1.165) is 17.0 Å². The molecule has 0 fully saturated rings. The summed E-state index contributed by atoms with van der Waals surface area (Å²) >= 11 is 2.91. The van der Waals surface area contributed by atoms with E-state index in [1.165, 1.54) is 28.7 Å². The van der Waals surface area contributed by atoms with Gasteiger partial charge >= 0.3 is 5.97 Å². The van der Waals surface area contributed by atoms with Gasteiger partial charge in [-0.15, -0.1) is 23.1 Å². The summed E-state index contributed by atoms with van der Waals surface area (Å²) in [6.45, 7) is 3.55. The molecule has 0 bridgehead atoms. The highest BCUT2D eigenvalue weighted by Crippen LogP contribution is 2.29. The van der Waals surface area contributed by atoms with Crippen molar-refractivity contribution in [2.24, 2.45) is 0 Å². The lowest BCUT2D eigenvalue weighted by molar-refractivity contribution is -0.145. The van der Waals surface area contributed by atoms with E-state index in [9.17, 15) is 14.4 Å². The number of ketones is 1. The molecule has 0 unspecified atom stereocenters. The third kappa shape index (κ3) is 6.76. The fourth-order valence-electron chi connectivity index (χ4n) is 3.14. The van der Waals surface area contributed by atoms with Crippen LogP contribution in [0.15, 0.2) is 58.8 Å². The fourth-order valence-corrected chi connectivity index (χ4v) is 4.42. The van der Waals surface area contributed by atoms with Gasteiger partial charge in [-0.3, -0.25) is 19.3 Å². The molecule has 3 aromatic rings. The summed E-state index contributed by atoms with van der Waals surface area (Å²) in [5.41, 5.74) is 3.06. The number of nitrogens with zero attached hydrogens (tertiary/aromatic N) is 2. The van der Waals surface area contributed by atoms with Crippen LogP contribution in [0.2, 0.25) is 0 Å². The van der Waals surface area contributed by atoms with Crippen LogP contribution in [0, 0.1) is 0 Å². The summed E-state index contributed by atoms with van der Waals surface area (Å²) in [6.07, 6.45) is 2.98. The minimum Gasteiger partial charge on any atom is -0.459 e. The average Bonchev–Trinajstić information content (AvgIpc) is 3.30. The van der Waals surface area contributed by atoms with E-state index in [1.807, 2.05) is 42.7 Å². The molecule has 0 spiro atoms. The Morgan fingerprint density at radius 2 is 1.73 bits per heavy atom. The fraction of sp³-hybridized carbons (Fsp3) is 0.280. The van der Waals surface area contributed by atoms with E-state index in [1.54, 1.807) is 29.3 Å². The standard InChI is InChI=1S/C25H26N2O4S2/c1-4-18-5-9-21(10-6-18)27(17(2)28)25-26-20(16-33-25)15-31-24(30)14-13-23(29)19-7-11-22(32-3)12-8-19/h5-12,16H,4,13-15H2,1-3H3. The molecule has 6 nitrogen and oxygen atoms in total. The maximum atomic E-state index is 12.3. The summed E-state index contributed by atoms with van der Waals surface area (Å²) in [5.74, 6) is -0.708. The number of anilines is 2. The zero-order chi connectivity index (χ0) is 23.8. The Bertz CT molecular complexity index is 1110. The number of hydrogen-bond acceptors (Lipinski definition) is 7. The average molecular weight is 483 g/mol. The van der Waals surface area contributed by atoms with Crippen molar-refractivity contribution >= 4 is 51.6 Å². The maximum absolute atomic E-state index is 12.3. The molecule has 0 saturated carbocycles. The van der Waals surface area contributed by atoms with E-state index >= 15 is 0 Å². The molecule has 0 aliphatic heterocycles. The highest BCUT2D eigenvalue weighted by molar-refractivity contribution is 7.98. The third-order valence-corrected chi connectivity index (χ3v) is 6.62. The minimum atomic E-state index is -0.461. The number of thiazole rings is 1. The predicted molar refractivity (Wildman–Crippen MR) is 132 cm³/mol. The van der Waals surface area contributed by atoms with E-state index in [0.29, 0.717) is 16.4 Å². The summed E-state index contributed by atoms with van der Waals surface area (Å²) in [5, 5.41) is 2.28. The van der Waals surface area contributed by atoms with E-state index in [2.05, 4.69) is 11.9 Å². The number of aryl methyl sites for hydroxylation is 1. The Balaban J connectivity index is 1.54. The summed E-state index contributed by atoms with van der Waals surface area (Å²) in [4.78, 5) is 43.7. The lowest BCUT2D eigenvalue weighted by atomic mass is 10.1. The van der Waals surface area contributed by atoms with Gasteiger partial charge in [0.15, 0.2) is 10.9 Å². The molecule has 33 heavy (non-hydrogen) atoms. The van der Waals surface area contributed by atoms with Crippen LogP contribution >= 0.6 is 23.1 Å². The van der Waals surface area contributed by atoms with Crippen LogP contribution in [0.1, 0.15) is 48.3 Å². The van der Waals surface area contributed by atoms with Gasteiger partial charge in [0.2, 0.25) is 5.91 Å². The normalized spacial score (nSPS) is 10.6. The predicted octanol–water partition coefficient (Wildman–Crippen LogP) is 5.82. The van der Waals surface area contributed by atoms with Gasteiger partial charge in [-0.05, 0) is 42.5 Å². The number of amides is 1. The first-order chi connectivity index (χ1) is 15.9. The second kappa shape index (κ2) is 11.8. The Labute approximate surface area is 202 Å². The largest absolute Gasteiger partial charge is 0.459 e. The monoisotopic (exact) mass is 482 g/mol. The topological polar surface area (TPSA) is 76.6 Å². The molecule has 2 aromatic carbocycles. The number of ether oxygens (including phenoxy) is 1. The second-order valence-electron chi connectivity index (χ2n) is 7.31. The lowest BCUT2D eigenvalue weighted by Gasteiger charge is -2.18. The van der Waals surface area contributed by atoms with Gasteiger partial charge < -0.3 is 4.74 Å². The number of benzene rings is 2. The number of aromatic nitrogens is 1. The molecule has 1 amide bonds. The molecule has 0 atom stereocenters. The number of esters is 1. The minimum absolute atomic E-state index is 0.00343. The number of Topliss-reactive ketones (excluding diaryl/α,β-unsaturated/α-hetero) is 1. The van der Waals surface area contributed by atoms with Crippen molar-refractivity contribution < 1.29 is 19.1 Å². The quantitative estimate of drug-likeness (QED) is 0.206. The van der Waals surface area contributed by atoms with Crippen molar-refractivity contribution in [1.29, 1.82) is 0 Å². The van der Waals surface area contributed by atoms with Gasteiger partial charge in [-0.1, -0.05) is 31.2 Å². The molecule has 0 radical (unpaired) electrons. The molecule has 0 aliphatic carbocycles. The number of rotatable bonds is 10. The molecule has 0 aliphatic rings. The van der Waals surface area contributed by atoms with Crippen LogP contribution in [0.3, 0.4) is 0 Å². The van der Waals surface area contributed by atoms with Gasteiger partial charge in [-0.25, -0.2) is 4.98 Å². The van der Waals surface area contributed by atoms with Crippen LogP contribution in [0.25, 0.3) is 0 Å². The van der Waals surface area contributed by atoms with E-state index in [-0.39, 0.29) is 31.1 Å². The molecule has 172 valence electrons. The smallest absolute Gasteiger partial charge is 0.306 e. The summed E-state index contributed by atoms with van der Waals surface area (Å²) in [6, 6.07) is 15.1. The van der Waals surface area contributed by atoms with Crippen molar-refractivity contribution in [2.75, 3.05) is 11.2 Å². The number of carbonyl (C=O) groups is 3. The maximum Gasteiger partial charge on any atom is 0.306 e. The van der Waals surface area contributed by atoms with Gasteiger partial charge in [0.1, 0.15) is 6.61 Å². The summed E-state index contributed by atoms with van der Waals surface area (Å²) < 4.78 is 5.29. The van der Waals surface area contributed by atoms with Crippen molar-refractivity contribution in [3.8, 4) is 0 Å². The first-order valence-electron chi connectivity index (χ1n) is 10.6. The Kier molecular flexibility index (Phi) is 8.79. The molecule has 3 rings (SSSR count). The SMILES string of the molecule is CCc1ccc(N(C(C)=O)c2nc(COC(=O)CCC(=O)c3ccc(SC)cc3)cs2)cc1. The Hall–Kier alpha value is -2.97. The Morgan fingerprint density at radius 3 is 2.33 bits per heavy atom. The molecule has 8 heteroatoms. The van der Waals surface area contributed by atoms with Crippen LogP contribution in [-0.2, 0) is 27.4 Å². The van der Waals surface area contributed by atoms with E-state index in [4.69, 9.17) is 4.74 Å². The number of thioether (sulfide) groups is 1. The summed E-state index contributed by atoms with van der Waals surface area (Å²) in [7, 11) is 0. The first kappa shape index (κ1) is 24.7. The number of carbonyl (C=O) groups excluding carboxylic acids is 3. The lowest BCUT2D eigenvalue weighted by Crippen LogP contribution is -2.22. The molecular weight excluding hydrogens is 456 g/mol. The van der Waals surface area contributed by atoms with Gasteiger partial charge in [0, 0.05) is 29.2 Å². The zero-order valence-corrected chi connectivity index (χ0v) is 20.5. The first-order valence-corrected chi connectivity index (χ1v) is 12.7. The van der Waals surface area contributed by atoms with Gasteiger partial charge in [-0.2, -0.15) is 0 Å². The molecule has 1 aromatic heterocycles. The van der Waals surface area contributed by atoms with Crippen molar-refractivity contribution in [2.45, 2.75) is 44.6 Å². The van der Waals surface area contributed by atoms with Crippen LogP contribution < -0.4 is 4.90 Å². The van der Waals surface area contributed by atoms with Crippen molar-refractivity contribution in [3.63, 3.8) is 0 Å². The highest BCUT2D eigenvalue weighted by Gasteiger charge is 2.18. The van der Waals surface area contributed by atoms with Crippen LogP contribution in [0.5, 0.6) is 0 Å². The Morgan fingerprint density at radius 1 is 1.03 bits per heavy atom. The molecule has 0 saturated heterocycles. The molecule has 0 N–H and O–H groups in total.